The molecule has 0 N–H and O–H groups in total. The number of ether oxygens (including phenoxy) is 1. The van der Waals surface area contributed by atoms with Crippen molar-refractivity contribution in [2.75, 3.05) is 7.11 Å². The molecular formula is C49H28O. The molecule has 0 fully saturated rings. The standard InChI is InChI=1S/C49H28O/c1-50-46-12-5-4-11-35(46)31-16-17-36-38(21-31)41-19-29-7-2-3-8-30(29)20-42(41)43-25-34-26-44-40(24-33(34)23-39(36)43)37-18-15-28-14-13-27-9-6-10-32-22-45(44)49(37)48(28)47(27)32/h2-26H,1H3. The monoisotopic (exact) mass is 632 g/mol. The molecule has 12 rings (SSSR count). The zero-order valence-corrected chi connectivity index (χ0v) is 27.3. The summed E-state index contributed by atoms with van der Waals surface area (Å²) in [6.07, 6.45) is 0. The van der Waals surface area contributed by atoms with Gasteiger partial charge in [-0.05, 0) is 169 Å². The Morgan fingerprint density at radius 1 is 0.300 bits per heavy atom. The molecule has 230 valence electrons. The van der Waals surface area contributed by atoms with E-state index >= 15 is 0 Å². The fourth-order valence-corrected chi connectivity index (χ4v) is 9.27. The second-order valence-corrected chi connectivity index (χ2v) is 14.0. The Morgan fingerprint density at radius 2 is 0.860 bits per heavy atom. The molecule has 1 heteroatoms. The van der Waals surface area contributed by atoms with E-state index in [-0.39, 0.29) is 0 Å². The number of hydrogen-bond donors (Lipinski definition) is 0. The van der Waals surface area contributed by atoms with Gasteiger partial charge in [0.1, 0.15) is 5.75 Å². The van der Waals surface area contributed by atoms with Gasteiger partial charge in [0.2, 0.25) is 0 Å². The van der Waals surface area contributed by atoms with Crippen LogP contribution >= 0.6 is 0 Å². The molecule has 1 nitrogen and oxygen atoms in total. The normalized spacial score (nSPS) is 12.5. The van der Waals surface area contributed by atoms with Crippen LogP contribution in [-0.4, -0.2) is 7.11 Å². The molecule has 0 unspecified atom stereocenters. The summed E-state index contributed by atoms with van der Waals surface area (Å²) >= 11 is 0. The average molecular weight is 633 g/mol. The van der Waals surface area contributed by atoms with Gasteiger partial charge in [0.15, 0.2) is 0 Å². The summed E-state index contributed by atoms with van der Waals surface area (Å²) in [5.74, 6) is 0.886. The predicted molar refractivity (Wildman–Crippen MR) is 214 cm³/mol. The fraction of sp³-hybridized carbons (Fsp3) is 0.0204. The molecule has 0 bridgehead atoms. The first-order valence-electron chi connectivity index (χ1n) is 17.4. The summed E-state index contributed by atoms with van der Waals surface area (Å²) in [6, 6.07) is 56.9. The molecule has 0 heterocycles. The Morgan fingerprint density at radius 3 is 1.62 bits per heavy atom. The maximum Gasteiger partial charge on any atom is 0.126 e. The number of benzene rings is 11. The van der Waals surface area contributed by atoms with Crippen molar-refractivity contribution >= 4 is 86.2 Å². The number of rotatable bonds is 2. The minimum atomic E-state index is 0.886. The van der Waals surface area contributed by atoms with Gasteiger partial charge in [-0.15, -0.1) is 0 Å². The predicted octanol–water partition coefficient (Wildman–Crippen LogP) is 13.7. The number of para-hydroxylation sites is 1. The van der Waals surface area contributed by atoms with Gasteiger partial charge in [0, 0.05) is 5.56 Å². The summed E-state index contributed by atoms with van der Waals surface area (Å²) in [6.45, 7) is 0. The smallest absolute Gasteiger partial charge is 0.126 e. The van der Waals surface area contributed by atoms with E-state index in [2.05, 4.69) is 140 Å². The second kappa shape index (κ2) is 9.37. The largest absolute Gasteiger partial charge is 0.496 e. The minimum Gasteiger partial charge on any atom is -0.496 e. The Balaban J connectivity index is 1.19. The molecule has 11 aromatic carbocycles. The average Bonchev–Trinajstić information content (AvgIpc) is 3.48. The van der Waals surface area contributed by atoms with Crippen molar-refractivity contribution in [3.05, 3.63) is 152 Å². The molecule has 0 saturated carbocycles. The lowest BCUT2D eigenvalue weighted by Crippen LogP contribution is -1.89. The van der Waals surface area contributed by atoms with Crippen LogP contribution < -0.4 is 4.74 Å². The number of methoxy groups -OCH3 is 1. The van der Waals surface area contributed by atoms with Crippen molar-refractivity contribution in [3.8, 4) is 39.1 Å². The lowest BCUT2D eigenvalue weighted by molar-refractivity contribution is 0.416. The van der Waals surface area contributed by atoms with E-state index in [4.69, 9.17) is 4.74 Å². The highest BCUT2D eigenvalue weighted by atomic mass is 16.5. The summed E-state index contributed by atoms with van der Waals surface area (Å²) in [5, 5.41) is 20.8. The lowest BCUT2D eigenvalue weighted by Gasteiger charge is -2.16. The highest BCUT2D eigenvalue weighted by Crippen LogP contribution is 2.53. The quantitative estimate of drug-likeness (QED) is 0.136. The van der Waals surface area contributed by atoms with E-state index in [0.29, 0.717) is 0 Å². The lowest BCUT2D eigenvalue weighted by atomic mass is 9.88. The maximum atomic E-state index is 5.79. The molecule has 0 aromatic heterocycles. The Kier molecular flexibility index (Phi) is 4.97. The third-order valence-corrected chi connectivity index (χ3v) is 11.5. The van der Waals surface area contributed by atoms with Crippen LogP contribution in [-0.2, 0) is 0 Å². The van der Waals surface area contributed by atoms with E-state index in [1.165, 1.54) is 108 Å². The van der Waals surface area contributed by atoms with Gasteiger partial charge < -0.3 is 4.74 Å². The van der Waals surface area contributed by atoms with E-state index in [9.17, 15) is 0 Å². The Labute approximate surface area is 287 Å². The molecule has 1 aliphatic carbocycles. The van der Waals surface area contributed by atoms with Crippen LogP contribution in [0.15, 0.2) is 152 Å². The van der Waals surface area contributed by atoms with Crippen molar-refractivity contribution < 1.29 is 4.74 Å². The molecule has 1 aliphatic rings. The molecular weight excluding hydrogens is 605 g/mol. The van der Waals surface area contributed by atoms with Crippen molar-refractivity contribution in [2.24, 2.45) is 0 Å². The van der Waals surface area contributed by atoms with Gasteiger partial charge in [0.05, 0.1) is 7.11 Å². The first-order valence-corrected chi connectivity index (χ1v) is 17.4. The Hall–Kier alpha value is -6.44. The van der Waals surface area contributed by atoms with Crippen molar-refractivity contribution in [2.45, 2.75) is 0 Å². The molecule has 0 atom stereocenters. The molecule has 0 radical (unpaired) electrons. The van der Waals surface area contributed by atoms with Crippen molar-refractivity contribution in [1.29, 1.82) is 0 Å². The molecule has 11 aromatic rings. The zero-order valence-electron chi connectivity index (χ0n) is 27.3. The summed E-state index contributed by atoms with van der Waals surface area (Å²) in [4.78, 5) is 0. The maximum absolute atomic E-state index is 5.79. The van der Waals surface area contributed by atoms with Crippen LogP contribution in [0.4, 0.5) is 0 Å². The number of hydrogen-bond acceptors (Lipinski definition) is 1. The van der Waals surface area contributed by atoms with Crippen LogP contribution in [0.5, 0.6) is 5.75 Å². The molecule has 50 heavy (non-hydrogen) atoms. The van der Waals surface area contributed by atoms with Gasteiger partial charge in [0.25, 0.3) is 0 Å². The van der Waals surface area contributed by atoms with E-state index in [1.54, 1.807) is 7.11 Å². The van der Waals surface area contributed by atoms with Crippen LogP contribution in [0.3, 0.4) is 0 Å². The van der Waals surface area contributed by atoms with E-state index < -0.39 is 0 Å². The first-order chi connectivity index (χ1) is 24.7. The van der Waals surface area contributed by atoms with Crippen LogP contribution in [0.1, 0.15) is 0 Å². The Bertz CT molecular complexity index is 3290. The van der Waals surface area contributed by atoms with E-state index in [1.807, 2.05) is 12.1 Å². The zero-order chi connectivity index (χ0) is 32.7. The molecule has 0 aliphatic heterocycles. The van der Waals surface area contributed by atoms with Crippen LogP contribution in [0.25, 0.3) is 120 Å². The van der Waals surface area contributed by atoms with Gasteiger partial charge in [-0.2, -0.15) is 0 Å². The van der Waals surface area contributed by atoms with Gasteiger partial charge in [-0.3, -0.25) is 0 Å². The summed E-state index contributed by atoms with van der Waals surface area (Å²) < 4.78 is 5.79. The third-order valence-electron chi connectivity index (χ3n) is 11.5. The SMILES string of the molecule is COc1ccccc1-c1ccc2c(c1)c1cc3ccccc3cc1c1cc3cc4c(cc3cc21)-c1ccc2ccc3cccc5cc-4c1c2c35. The van der Waals surface area contributed by atoms with Gasteiger partial charge >= 0.3 is 0 Å². The third kappa shape index (κ3) is 3.36. The fourth-order valence-electron chi connectivity index (χ4n) is 9.27. The first kappa shape index (κ1) is 26.5. The summed E-state index contributed by atoms with van der Waals surface area (Å²) in [7, 11) is 1.75. The summed E-state index contributed by atoms with van der Waals surface area (Å²) in [5.41, 5.74) is 7.63. The van der Waals surface area contributed by atoms with Crippen molar-refractivity contribution in [1.82, 2.24) is 0 Å². The van der Waals surface area contributed by atoms with Crippen LogP contribution in [0, 0.1) is 0 Å². The van der Waals surface area contributed by atoms with Crippen molar-refractivity contribution in [3.63, 3.8) is 0 Å². The second-order valence-electron chi connectivity index (χ2n) is 14.0. The highest BCUT2D eigenvalue weighted by molar-refractivity contribution is 6.33. The van der Waals surface area contributed by atoms with E-state index in [0.717, 1.165) is 16.9 Å². The molecule has 0 spiro atoms. The minimum absolute atomic E-state index is 0.886. The number of fused-ring (bicyclic) bond motifs is 11. The van der Waals surface area contributed by atoms with Gasteiger partial charge in [-0.1, -0.05) is 97.1 Å². The van der Waals surface area contributed by atoms with Crippen LogP contribution in [0.2, 0.25) is 0 Å². The highest BCUT2D eigenvalue weighted by Gasteiger charge is 2.25. The molecule has 0 amide bonds. The topological polar surface area (TPSA) is 9.23 Å². The van der Waals surface area contributed by atoms with Gasteiger partial charge in [-0.25, -0.2) is 0 Å². The molecule has 0 saturated heterocycles.